The first-order valence-corrected chi connectivity index (χ1v) is 9.63. The van der Waals surface area contributed by atoms with Crippen molar-refractivity contribution < 1.29 is 23.4 Å². The zero-order chi connectivity index (χ0) is 19.6. The number of carbonyl (C=O) groups is 1. The van der Waals surface area contributed by atoms with E-state index in [-0.39, 0.29) is 11.0 Å². The van der Waals surface area contributed by atoms with E-state index in [4.69, 9.17) is 14.2 Å². The highest BCUT2D eigenvalue weighted by Crippen LogP contribution is 2.43. The Hall–Kier alpha value is -2.76. The normalized spacial score (nSPS) is 17.2. The van der Waals surface area contributed by atoms with Gasteiger partial charge in [0.05, 0.1) is 12.7 Å². The molecular weight excluding hydrogens is 361 g/mol. The van der Waals surface area contributed by atoms with E-state index >= 15 is 0 Å². The number of halogens is 1. The SMILES string of the molecule is COc1ccc(C(=O)NCC2(c3ccc4c(c3)OCCO4)CCCC2)c(F)c1. The molecule has 148 valence electrons. The van der Waals surface area contributed by atoms with Crippen molar-refractivity contribution in [3.63, 3.8) is 0 Å². The summed E-state index contributed by atoms with van der Waals surface area (Å²) in [5, 5.41) is 2.95. The number of amides is 1. The molecule has 1 aliphatic carbocycles. The van der Waals surface area contributed by atoms with Crippen LogP contribution in [0, 0.1) is 5.82 Å². The fraction of sp³-hybridized carbons (Fsp3) is 0.409. The largest absolute Gasteiger partial charge is 0.497 e. The van der Waals surface area contributed by atoms with E-state index in [1.165, 1.54) is 19.2 Å². The van der Waals surface area contributed by atoms with Gasteiger partial charge in [-0.2, -0.15) is 0 Å². The van der Waals surface area contributed by atoms with Crippen molar-refractivity contribution in [1.29, 1.82) is 0 Å². The molecule has 1 aliphatic heterocycles. The van der Waals surface area contributed by atoms with Crippen molar-refractivity contribution in [2.75, 3.05) is 26.9 Å². The molecule has 1 saturated carbocycles. The number of methoxy groups -OCH3 is 1. The Morgan fingerprint density at radius 3 is 2.57 bits per heavy atom. The Labute approximate surface area is 163 Å². The van der Waals surface area contributed by atoms with Crippen LogP contribution in [-0.2, 0) is 5.41 Å². The quantitative estimate of drug-likeness (QED) is 0.850. The minimum Gasteiger partial charge on any atom is -0.497 e. The molecule has 2 aromatic carbocycles. The lowest BCUT2D eigenvalue weighted by Gasteiger charge is -2.31. The lowest BCUT2D eigenvalue weighted by molar-refractivity contribution is 0.0939. The maximum absolute atomic E-state index is 14.2. The molecule has 1 amide bonds. The van der Waals surface area contributed by atoms with Gasteiger partial charge in [0, 0.05) is 18.0 Å². The number of ether oxygens (including phenoxy) is 3. The van der Waals surface area contributed by atoms with E-state index in [0.29, 0.717) is 25.5 Å². The van der Waals surface area contributed by atoms with E-state index < -0.39 is 11.7 Å². The number of hydrogen-bond acceptors (Lipinski definition) is 4. The van der Waals surface area contributed by atoms with E-state index in [0.717, 1.165) is 42.7 Å². The summed E-state index contributed by atoms with van der Waals surface area (Å²) in [6.07, 6.45) is 4.14. The summed E-state index contributed by atoms with van der Waals surface area (Å²) < 4.78 is 30.6. The first-order valence-electron chi connectivity index (χ1n) is 9.63. The summed E-state index contributed by atoms with van der Waals surface area (Å²) in [5.41, 5.74) is 0.981. The second-order valence-electron chi connectivity index (χ2n) is 7.37. The van der Waals surface area contributed by atoms with Gasteiger partial charge in [-0.05, 0) is 42.7 Å². The van der Waals surface area contributed by atoms with Crippen molar-refractivity contribution in [3.05, 3.63) is 53.3 Å². The summed E-state index contributed by atoms with van der Waals surface area (Å²) in [7, 11) is 1.46. The Bertz CT molecular complexity index is 877. The van der Waals surface area contributed by atoms with Gasteiger partial charge in [-0.15, -0.1) is 0 Å². The maximum Gasteiger partial charge on any atom is 0.254 e. The highest BCUT2D eigenvalue weighted by atomic mass is 19.1. The molecule has 0 saturated heterocycles. The van der Waals surface area contributed by atoms with Gasteiger partial charge in [0.15, 0.2) is 11.5 Å². The van der Waals surface area contributed by atoms with Gasteiger partial charge in [-0.3, -0.25) is 4.79 Å². The van der Waals surface area contributed by atoms with E-state index in [1.54, 1.807) is 6.07 Å². The molecule has 4 rings (SSSR count). The average molecular weight is 385 g/mol. The van der Waals surface area contributed by atoms with Crippen LogP contribution in [0.5, 0.6) is 17.2 Å². The molecule has 28 heavy (non-hydrogen) atoms. The first-order chi connectivity index (χ1) is 13.6. The fourth-order valence-electron chi connectivity index (χ4n) is 4.14. The van der Waals surface area contributed by atoms with Crippen LogP contribution in [0.15, 0.2) is 36.4 Å². The Kier molecular flexibility index (Phi) is 5.11. The van der Waals surface area contributed by atoms with E-state index in [1.807, 2.05) is 12.1 Å². The van der Waals surface area contributed by atoms with Gasteiger partial charge in [0.2, 0.25) is 0 Å². The van der Waals surface area contributed by atoms with Gasteiger partial charge in [-0.1, -0.05) is 18.9 Å². The van der Waals surface area contributed by atoms with Crippen LogP contribution in [0.25, 0.3) is 0 Å². The second kappa shape index (κ2) is 7.70. The van der Waals surface area contributed by atoms with Crippen molar-refractivity contribution in [1.82, 2.24) is 5.32 Å². The van der Waals surface area contributed by atoms with Gasteiger partial charge in [0.25, 0.3) is 5.91 Å². The highest BCUT2D eigenvalue weighted by Gasteiger charge is 2.37. The van der Waals surface area contributed by atoms with Crippen LogP contribution in [0.1, 0.15) is 41.6 Å². The van der Waals surface area contributed by atoms with Crippen LogP contribution in [-0.4, -0.2) is 32.8 Å². The summed E-state index contributed by atoms with van der Waals surface area (Å²) in [4.78, 5) is 12.6. The minimum absolute atomic E-state index is 0.0242. The smallest absolute Gasteiger partial charge is 0.254 e. The summed E-state index contributed by atoms with van der Waals surface area (Å²) in [5.74, 6) is 0.897. The first kappa shape index (κ1) is 18.6. The van der Waals surface area contributed by atoms with Crippen molar-refractivity contribution in [2.24, 2.45) is 0 Å². The van der Waals surface area contributed by atoms with Crippen LogP contribution in [0.4, 0.5) is 4.39 Å². The lowest BCUT2D eigenvalue weighted by Crippen LogP contribution is -2.39. The Balaban J connectivity index is 1.53. The fourth-order valence-corrected chi connectivity index (χ4v) is 4.14. The second-order valence-corrected chi connectivity index (χ2v) is 7.37. The monoisotopic (exact) mass is 385 g/mol. The minimum atomic E-state index is -0.586. The molecule has 1 heterocycles. The molecule has 2 aliphatic rings. The van der Waals surface area contributed by atoms with E-state index in [9.17, 15) is 9.18 Å². The van der Waals surface area contributed by atoms with E-state index in [2.05, 4.69) is 11.4 Å². The number of carbonyl (C=O) groups excluding carboxylic acids is 1. The molecular formula is C22H24FNO4. The predicted octanol–water partition coefficient (Wildman–Crippen LogP) is 3.85. The number of hydrogen-bond donors (Lipinski definition) is 1. The molecule has 0 radical (unpaired) electrons. The zero-order valence-electron chi connectivity index (χ0n) is 15.9. The van der Waals surface area contributed by atoms with Crippen molar-refractivity contribution >= 4 is 5.91 Å². The summed E-state index contributed by atoms with van der Waals surface area (Å²) in [6, 6.07) is 10.3. The Morgan fingerprint density at radius 2 is 1.86 bits per heavy atom. The van der Waals surface area contributed by atoms with Gasteiger partial charge >= 0.3 is 0 Å². The molecule has 0 atom stereocenters. The third-order valence-corrected chi connectivity index (χ3v) is 5.72. The van der Waals surface area contributed by atoms with Gasteiger partial charge < -0.3 is 19.5 Å². The number of fused-ring (bicyclic) bond motifs is 1. The summed E-state index contributed by atoms with van der Waals surface area (Å²) >= 11 is 0. The van der Waals surface area contributed by atoms with Crippen LogP contribution in [0.3, 0.4) is 0 Å². The third-order valence-electron chi connectivity index (χ3n) is 5.72. The summed E-state index contributed by atoms with van der Waals surface area (Å²) in [6.45, 7) is 1.55. The van der Waals surface area contributed by atoms with Gasteiger partial charge in [-0.25, -0.2) is 4.39 Å². The highest BCUT2D eigenvalue weighted by molar-refractivity contribution is 5.94. The number of benzene rings is 2. The molecule has 0 bridgehead atoms. The van der Waals surface area contributed by atoms with Crippen LogP contribution < -0.4 is 19.5 Å². The number of rotatable bonds is 5. The van der Waals surface area contributed by atoms with Crippen molar-refractivity contribution in [2.45, 2.75) is 31.1 Å². The topological polar surface area (TPSA) is 56.8 Å². The molecule has 5 nitrogen and oxygen atoms in total. The molecule has 1 N–H and O–H groups in total. The average Bonchev–Trinajstić information content (AvgIpc) is 3.21. The van der Waals surface area contributed by atoms with Crippen LogP contribution >= 0.6 is 0 Å². The third kappa shape index (κ3) is 3.51. The Morgan fingerprint density at radius 1 is 1.11 bits per heavy atom. The van der Waals surface area contributed by atoms with Gasteiger partial charge in [0.1, 0.15) is 24.8 Å². The maximum atomic E-state index is 14.2. The molecule has 6 heteroatoms. The predicted molar refractivity (Wildman–Crippen MR) is 103 cm³/mol. The number of nitrogens with one attached hydrogen (secondary N) is 1. The standard InChI is InChI=1S/C22H24FNO4/c1-26-16-5-6-17(18(23)13-16)21(25)24-14-22(8-2-3-9-22)15-4-7-19-20(12-15)28-11-10-27-19/h4-7,12-13H,2-3,8-11,14H2,1H3,(H,24,25). The zero-order valence-corrected chi connectivity index (χ0v) is 15.9. The lowest BCUT2D eigenvalue weighted by atomic mass is 9.78. The van der Waals surface area contributed by atoms with Crippen LogP contribution in [0.2, 0.25) is 0 Å². The molecule has 0 spiro atoms. The molecule has 0 aromatic heterocycles. The van der Waals surface area contributed by atoms with Crippen molar-refractivity contribution in [3.8, 4) is 17.2 Å². The molecule has 2 aromatic rings. The molecule has 1 fully saturated rings. The molecule has 0 unspecified atom stereocenters.